The Labute approximate surface area is 114 Å². The highest BCUT2D eigenvalue weighted by atomic mass is 16.2. The molecule has 0 atom stereocenters. The van der Waals surface area contributed by atoms with Gasteiger partial charge in [-0.05, 0) is 31.0 Å². The molecule has 0 aromatic heterocycles. The van der Waals surface area contributed by atoms with Gasteiger partial charge in [0.1, 0.15) is 0 Å². The van der Waals surface area contributed by atoms with Gasteiger partial charge in [0.15, 0.2) is 0 Å². The van der Waals surface area contributed by atoms with Crippen molar-refractivity contribution < 1.29 is 9.59 Å². The number of hydrogen-bond donors (Lipinski definition) is 0. The number of anilines is 1. The van der Waals surface area contributed by atoms with Gasteiger partial charge in [-0.25, -0.2) is 0 Å². The molecule has 0 radical (unpaired) electrons. The second-order valence-electron chi connectivity index (χ2n) is 4.84. The number of amides is 2. The van der Waals surface area contributed by atoms with Crippen molar-refractivity contribution in [3.63, 3.8) is 0 Å². The maximum atomic E-state index is 12.1. The zero-order chi connectivity index (χ0) is 14.0. The predicted octanol–water partition coefficient (Wildman–Crippen LogP) is 1.62. The average molecular weight is 260 g/mol. The second-order valence-corrected chi connectivity index (χ2v) is 4.84. The van der Waals surface area contributed by atoms with Crippen LogP contribution in [0.2, 0.25) is 0 Å². The largest absolute Gasteiger partial charge is 0.343 e. The molecule has 1 aromatic rings. The molecule has 0 saturated carbocycles. The van der Waals surface area contributed by atoms with Crippen molar-refractivity contribution in [3.05, 3.63) is 29.3 Å². The summed E-state index contributed by atoms with van der Waals surface area (Å²) in [4.78, 5) is 27.2. The standard InChI is InChI=1S/C15H20N2O2/c1-4-17(5-2)15(19)9-11-6-7-13-12(8-11)10-14(18)16(13)3/h6-8H,4-5,9-10H2,1-3H3. The van der Waals surface area contributed by atoms with Gasteiger partial charge in [0.25, 0.3) is 0 Å². The maximum absolute atomic E-state index is 12.1. The number of likely N-dealkylation sites (N-methyl/N-ethyl adjacent to an activating group) is 2. The summed E-state index contributed by atoms with van der Waals surface area (Å²) in [7, 11) is 1.79. The van der Waals surface area contributed by atoms with E-state index in [1.165, 1.54) is 0 Å². The maximum Gasteiger partial charge on any atom is 0.231 e. The summed E-state index contributed by atoms with van der Waals surface area (Å²) in [5.41, 5.74) is 2.97. The Morgan fingerprint density at radius 1 is 1.32 bits per heavy atom. The molecule has 4 nitrogen and oxygen atoms in total. The summed E-state index contributed by atoms with van der Waals surface area (Å²) in [6.45, 7) is 5.44. The lowest BCUT2D eigenvalue weighted by atomic mass is 10.1. The fourth-order valence-corrected chi connectivity index (χ4v) is 2.50. The van der Waals surface area contributed by atoms with Gasteiger partial charge in [-0.2, -0.15) is 0 Å². The number of nitrogens with zero attached hydrogens (tertiary/aromatic N) is 2. The first-order chi connectivity index (χ1) is 9.06. The Hall–Kier alpha value is -1.84. The van der Waals surface area contributed by atoms with Crippen LogP contribution in [0.4, 0.5) is 5.69 Å². The molecule has 4 heteroatoms. The van der Waals surface area contributed by atoms with Crippen LogP contribution in [0.5, 0.6) is 0 Å². The summed E-state index contributed by atoms with van der Waals surface area (Å²) in [6.07, 6.45) is 0.853. The summed E-state index contributed by atoms with van der Waals surface area (Å²) >= 11 is 0. The van der Waals surface area contributed by atoms with Gasteiger partial charge in [-0.3, -0.25) is 9.59 Å². The first kappa shape index (κ1) is 13.6. The molecular formula is C15H20N2O2. The van der Waals surface area contributed by atoms with Crippen molar-refractivity contribution in [2.45, 2.75) is 26.7 Å². The monoisotopic (exact) mass is 260 g/mol. The minimum Gasteiger partial charge on any atom is -0.343 e. The molecule has 1 heterocycles. The third-order valence-electron chi connectivity index (χ3n) is 3.69. The van der Waals surface area contributed by atoms with Crippen molar-refractivity contribution >= 4 is 17.5 Å². The molecule has 2 rings (SSSR count). The molecule has 2 amide bonds. The van der Waals surface area contributed by atoms with Crippen LogP contribution in [0, 0.1) is 0 Å². The molecule has 102 valence electrons. The Morgan fingerprint density at radius 3 is 2.63 bits per heavy atom. The van der Waals surface area contributed by atoms with Crippen LogP contribution in [0.15, 0.2) is 18.2 Å². The SMILES string of the molecule is CCN(CC)C(=O)Cc1ccc2c(c1)CC(=O)N2C. The van der Waals surface area contributed by atoms with Crippen LogP contribution in [0.3, 0.4) is 0 Å². The smallest absolute Gasteiger partial charge is 0.231 e. The molecule has 0 N–H and O–H groups in total. The fourth-order valence-electron chi connectivity index (χ4n) is 2.50. The molecule has 1 aromatic carbocycles. The zero-order valence-corrected chi connectivity index (χ0v) is 11.8. The molecule has 0 spiro atoms. The second kappa shape index (κ2) is 5.43. The summed E-state index contributed by atoms with van der Waals surface area (Å²) in [5, 5.41) is 0. The predicted molar refractivity (Wildman–Crippen MR) is 75.2 cm³/mol. The quantitative estimate of drug-likeness (QED) is 0.825. The van der Waals surface area contributed by atoms with Crippen LogP contribution in [0.25, 0.3) is 0 Å². The number of hydrogen-bond acceptors (Lipinski definition) is 2. The number of fused-ring (bicyclic) bond motifs is 1. The van der Waals surface area contributed by atoms with Crippen molar-refractivity contribution in [1.82, 2.24) is 4.90 Å². The van der Waals surface area contributed by atoms with Crippen molar-refractivity contribution in [1.29, 1.82) is 0 Å². The Bertz CT molecular complexity index is 507. The van der Waals surface area contributed by atoms with E-state index in [0.29, 0.717) is 12.8 Å². The third-order valence-corrected chi connectivity index (χ3v) is 3.69. The minimum absolute atomic E-state index is 0.113. The molecule has 0 saturated heterocycles. The molecule has 0 aliphatic carbocycles. The van der Waals surface area contributed by atoms with E-state index in [1.54, 1.807) is 11.9 Å². The first-order valence-corrected chi connectivity index (χ1v) is 6.73. The lowest BCUT2D eigenvalue weighted by molar-refractivity contribution is -0.130. The Balaban J connectivity index is 2.14. The minimum atomic E-state index is 0.113. The van der Waals surface area contributed by atoms with Crippen LogP contribution in [-0.2, 0) is 22.4 Å². The number of rotatable bonds is 4. The van der Waals surface area contributed by atoms with Crippen molar-refractivity contribution in [3.8, 4) is 0 Å². The molecule has 1 aliphatic rings. The van der Waals surface area contributed by atoms with E-state index >= 15 is 0 Å². The highest BCUT2D eigenvalue weighted by Crippen LogP contribution is 2.28. The lowest BCUT2D eigenvalue weighted by Crippen LogP contribution is -2.31. The van der Waals surface area contributed by atoms with Gasteiger partial charge in [0, 0.05) is 25.8 Å². The molecule has 0 fully saturated rings. The van der Waals surface area contributed by atoms with Crippen LogP contribution < -0.4 is 4.90 Å². The number of carbonyl (C=O) groups excluding carboxylic acids is 2. The number of benzene rings is 1. The Morgan fingerprint density at radius 2 is 2.00 bits per heavy atom. The Kier molecular flexibility index (Phi) is 3.88. The lowest BCUT2D eigenvalue weighted by Gasteiger charge is -2.18. The van der Waals surface area contributed by atoms with E-state index in [4.69, 9.17) is 0 Å². The van der Waals surface area contributed by atoms with E-state index in [0.717, 1.165) is 29.9 Å². The van der Waals surface area contributed by atoms with Gasteiger partial charge in [0.05, 0.1) is 12.8 Å². The summed E-state index contributed by atoms with van der Waals surface area (Å²) < 4.78 is 0. The van der Waals surface area contributed by atoms with Gasteiger partial charge >= 0.3 is 0 Å². The van der Waals surface area contributed by atoms with E-state index in [1.807, 2.05) is 36.9 Å². The van der Waals surface area contributed by atoms with Crippen LogP contribution in [-0.4, -0.2) is 36.9 Å². The van der Waals surface area contributed by atoms with Crippen molar-refractivity contribution in [2.75, 3.05) is 25.0 Å². The first-order valence-electron chi connectivity index (χ1n) is 6.73. The van der Waals surface area contributed by atoms with Crippen LogP contribution in [0.1, 0.15) is 25.0 Å². The van der Waals surface area contributed by atoms with Gasteiger partial charge in [-0.1, -0.05) is 12.1 Å². The van der Waals surface area contributed by atoms with Crippen molar-refractivity contribution in [2.24, 2.45) is 0 Å². The van der Waals surface area contributed by atoms with Crippen LogP contribution >= 0.6 is 0 Å². The van der Waals surface area contributed by atoms with E-state index in [9.17, 15) is 9.59 Å². The topological polar surface area (TPSA) is 40.6 Å². The highest BCUT2D eigenvalue weighted by molar-refractivity contribution is 6.01. The van der Waals surface area contributed by atoms with Gasteiger partial charge in [0.2, 0.25) is 11.8 Å². The van der Waals surface area contributed by atoms with E-state index in [2.05, 4.69) is 0 Å². The average Bonchev–Trinajstić information content (AvgIpc) is 2.66. The summed E-state index contributed by atoms with van der Waals surface area (Å²) in [6, 6.07) is 5.86. The molecule has 0 bridgehead atoms. The third kappa shape index (κ3) is 2.62. The van der Waals surface area contributed by atoms with Gasteiger partial charge in [-0.15, -0.1) is 0 Å². The van der Waals surface area contributed by atoms with E-state index < -0.39 is 0 Å². The molecular weight excluding hydrogens is 240 g/mol. The number of carbonyl (C=O) groups is 2. The fraction of sp³-hybridized carbons (Fsp3) is 0.467. The molecule has 0 unspecified atom stereocenters. The highest BCUT2D eigenvalue weighted by Gasteiger charge is 2.24. The zero-order valence-electron chi connectivity index (χ0n) is 11.8. The molecule has 1 aliphatic heterocycles. The normalized spacial score (nSPS) is 13.6. The molecule has 19 heavy (non-hydrogen) atoms. The van der Waals surface area contributed by atoms with Gasteiger partial charge < -0.3 is 9.80 Å². The summed E-state index contributed by atoms with van der Waals surface area (Å²) in [5.74, 6) is 0.254. The van der Waals surface area contributed by atoms with E-state index in [-0.39, 0.29) is 11.8 Å².